The molecule has 0 aliphatic carbocycles. The van der Waals surface area contributed by atoms with Gasteiger partial charge in [0.2, 0.25) is 0 Å². The van der Waals surface area contributed by atoms with Crippen molar-refractivity contribution in [2.45, 2.75) is 32.2 Å². The second kappa shape index (κ2) is 10.2. The van der Waals surface area contributed by atoms with Crippen LogP contribution in [0.5, 0.6) is 17.2 Å². The van der Waals surface area contributed by atoms with Gasteiger partial charge in [-0.05, 0) is 36.2 Å². The first-order chi connectivity index (χ1) is 15.5. The number of amides is 1. The Morgan fingerprint density at radius 2 is 1.69 bits per heavy atom. The molecule has 7 nitrogen and oxygen atoms in total. The molecule has 0 spiro atoms. The molecule has 1 amide bonds. The summed E-state index contributed by atoms with van der Waals surface area (Å²) in [4.78, 5) is 27.6. The molecule has 1 fully saturated rings. The zero-order valence-electron chi connectivity index (χ0n) is 18.9. The van der Waals surface area contributed by atoms with E-state index >= 15 is 0 Å². The second-order valence-corrected chi connectivity index (χ2v) is 7.54. The SMILES string of the molecule is CCCCCN1C(=O)C(=O)/C(=C(\O)c2ccc(OC)cc2OC)C1c1cccc(OC)c1. The van der Waals surface area contributed by atoms with Gasteiger partial charge in [0.25, 0.3) is 11.7 Å². The molecule has 1 N–H and O–H groups in total. The predicted molar refractivity (Wildman–Crippen MR) is 121 cm³/mol. The van der Waals surface area contributed by atoms with Crippen molar-refractivity contribution in [3.8, 4) is 17.2 Å². The maximum Gasteiger partial charge on any atom is 0.295 e. The van der Waals surface area contributed by atoms with Crippen LogP contribution in [-0.2, 0) is 9.59 Å². The van der Waals surface area contributed by atoms with E-state index in [1.165, 1.54) is 19.1 Å². The van der Waals surface area contributed by atoms with Crippen LogP contribution < -0.4 is 14.2 Å². The molecular weight excluding hydrogens is 410 g/mol. The number of hydrogen-bond donors (Lipinski definition) is 1. The molecule has 1 heterocycles. The van der Waals surface area contributed by atoms with E-state index in [9.17, 15) is 14.7 Å². The first-order valence-electron chi connectivity index (χ1n) is 10.6. The average molecular weight is 440 g/mol. The molecule has 32 heavy (non-hydrogen) atoms. The van der Waals surface area contributed by atoms with Crippen LogP contribution in [0.1, 0.15) is 43.4 Å². The van der Waals surface area contributed by atoms with Gasteiger partial charge in [-0.2, -0.15) is 0 Å². The smallest absolute Gasteiger partial charge is 0.295 e. The number of nitrogens with zero attached hydrogens (tertiary/aromatic N) is 1. The number of unbranched alkanes of at least 4 members (excludes halogenated alkanes) is 2. The summed E-state index contributed by atoms with van der Waals surface area (Å²) in [5.41, 5.74) is 1.03. The molecule has 170 valence electrons. The molecule has 1 atom stereocenters. The third-order valence-corrected chi connectivity index (χ3v) is 5.62. The highest BCUT2D eigenvalue weighted by Crippen LogP contribution is 2.42. The molecule has 1 aliphatic heterocycles. The predicted octanol–water partition coefficient (Wildman–Crippen LogP) is 4.32. The van der Waals surface area contributed by atoms with Crippen LogP contribution in [0.2, 0.25) is 0 Å². The fourth-order valence-corrected chi connectivity index (χ4v) is 3.94. The number of likely N-dealkylation sites (tertiary alicyclic amines) is 1. The number of methoxy groups -OCH3 is 3. The third kappa shape index (κ3) is 4.42. The topological polar surface area (TPSA) is 85.3 Å². The Morgan fingerprint density at radius 1 is 0.969 bits per heavy atom. The third-order valence-electron chi connectivity index (χ3n) is 5.62. The summed E-state index contributed by atoms with van der Waals surface area (Å²) in [6, 6.07) is 11.4. The van der Waals surface area contributed by atoms with Gasteiger partial charge in [-0.1, -0.05) is 31.9 Å². The summed E-state index contributed by atoms with van der Waals surface area (Å²) in [5.74, 6) is -0.142. The highest BCUT2D eigenvalue weighted by atomic mass is 16.5. The van der Waals surface area contributed by atoms with Gasteiger partial charge < -0.3 is 24.2 Å². The minimum absolute atomic E-state index is 0.0308. The number of carbonyl (C=O) groups excluding carboxylic acids is 2. The molecule has 1 saturated heterocycles. The number of ether oxygens (including phenoxy) is 3. The number of aliphatic hydroxyl groups excluding tert-OH is 1. The van der Waals surface area contributed by atoms with Crippen LogP contribution >= 0.6 is 0 Å². The van der Waals surface area contributed by atoms with Crippen molar-refractivity contribution in [3.63, 3.8) is 0 Å². The number of rotatable bonds is 9. The first-order valence-corrected chi connectivity index (χ1v) is 10.6. The Hall–Kier alpha value is -3.48. The van der Waals surface area contributed by atoms with Crippen molar-refractivity contribution in [1.82, 2.24) is 4.90 Å². The number of benzene rings is 2. The normalized spacial score (nSPS) is 17.5. The maximum absolute atomic E-state index is 13.1. The number of hydrogen-bond acceptors (Lipinski definition) is 6. The van der Waals surface area contributed by atoms with E-state index in [0.717, 1.165) is 19.3 Å². The lowest BCUT2D eigenvalue weighted by molar-refractivity contribution is -0.139. The summed E-state index contributed by atoms with van der Waals surface area (Å²) < 4.78 is 16.0. The van der Waals surface area contributed by atoms with Gasteiger partial charge in [0.1, 0.15) is 23.0 Å². The molecule has 1 unspecified atom stereocenters. The highest BCUT2D eigenvalue weighted by Gasteiger charge is 2.46. The fraction of sp³-hybridized carbons (Fsp3) is 0.360. The minimum atomic E-state index is -0.728. The zero-order valence-corrected chi connectivity index (χ0v) is 18.9. The van der Waals surface area contributed by atoms with Gasteiger partial charge >= 0.3 is 0 Å². The van der Waals surface area contributed by atoms with Gasteiger partial charge in [0.05, 0.1) is 38.5 Å². The number of aliphatic hydroxyl groups is 1. The lowest BCUT2D eigenvalue weighted by Crippen LogP contribution is -2.30. The van der Waals surface area contributed by atoms with Gasteiger partial charge in [-0.25, -0.2) is 0 Å². The van der Waals surface area contributed by atoms with Crippen molar-refractivity contribution >= 4 is 17.4 Å². The minimum Gasteiger partial charge on any atom is -0.507 e. The van der Waals surface area contributed by atoms with Crippen molar-refractivity contribution in [2.24, 2.45) is 0 Å². The van der Waals surface area contributed by atoms with Crippen molar-refractivity contribution in [2.75, 3.05) is 27.9 Å². The quantitative estimate of drug-likeness (QED) is 0.271. The molecule has 7 heteroatoms. The maximum atomic E-state index is 13.1. The Kier molecular flexibility index (Phi) is 7.41. The Morgan fingerprint density at radius 3 is 2.34 bits per heavy atom. The first kappa shape index (κ1) is 23.2. The van der Waals surface area contributed by atoms with Gasteiger partial charge in [0.15, 0.2) is 0 Å². The second-order valence-electron chi connectivity index (χ2n) is 7.54. The monoisotopic (exact) mass is 439 g/mol. The number of ketones is 1. The average Bonchev–Trinajstić information content (AvgIpc) is 3.08. The molecule has 0 radical (unpaired) electrons. The van der Waals surface area contributed by atoms with Crippen LogP contribution in [0.15, 0.2) is 48.0 Å². The van der Waals surface area contributed by atoms with Gasteiger partial charge in [-0.15, -0.1) is 0 Å². The van der Waals surface area contributed by atoms with Crippen molar-refractivity contribution in [3.05, 3.63) is 59.2 Å². The Balaban J connectivity index is 2.18. The summed E-state index contributed by atoms with van der Waals surface area (Å²) in [5, 5.41) is 11.3. The molecule has 0 saturated carbocycles. The fourth-order valence-electron chi connectivity index (χ4n) is 3.94. The molecule has 0 bridgehead atoms. The van der Waals surface area contributed by atoms with E-state index in [2.05, 4.69) is 6.92 Å². The Labute approximate surface area is 188 Å². The lowest BCUT2D eigenvalue weighted by atomic mass is 9.94. The molecule has 2 aromatic carbocycles. The van der Waals surface area contributed by atoms with Crippen LogP contribution in [0.25, 0.3) is 5.76 Å². The molecule has 1 aliphatic rings. The van der Waals surface area contributed by atoms with Gasteiger partial charge in [-0.3, -0.25) is 9.59 Å². The van der Waals surface area contributed by atoms with Crippen LogP contribution in [0, 0.1) is 0 Å². The summed E-state index contributed by atoms with van der Waals surface area (Å²) in [6.07, 6.45) is 2.67. The molecule has 2 aromatic rings. The Bertz CT molecular complexity index is 1030. The van der Waals surface area contributed by atoms with Crippen molar-refractivity contribution < 1.29 is 28.9 Å². The van der Waals surface area contributed by atoms with Crippen molar-refractivity contribution in [1.29, 1.82) is 0 Å². The summed E-state index contributed by atoms with van der Waals surface area (Å²) in [7, 11) is 4.55. The highest BCUT2D eigenvalue weighted by molar-refractivity contribution is 6.46. The summed E-state index contributed by atoms with van der Waals surface area (Å²) >= 11 is 0. The lowest BCUT2D eigenvalue weighted by Gasteiger charge is -2.25. The standard InChI is InChI=1S/C25H29NO6/c1-5-6-7-13-26-22(16-9-8-10-17(14-16)30-2)21(24(28)25(26)29)23(27)19-12-11-18(31-3)15-20(19)32-4/h8-12,14-15,22,27H,5-7,13H2,1-4H3/b23-21-. The van der Waals surface area contributed by atoms with E-state index in [1.54, 1.807) is 43.5 Å². The van der Waals surface area contributed by atoms with E-state index in [4.69, 9.17) is 14.2 Å². The van der Waals surface area contributed by atoms with Gasteiger partial charge in [0, 0.05) is 12.6 Å². The molecule has 0 aromatic heterocycles. The summed E-state index contributed by atoms with van der Waals surface area (Å²) in [6.45, 7) is 2.49. The van der Waals surface area contributed by atoms with E-state index in [-0.39, 0.29) is 11.3 Å². The molecule has 3 rings (SSSR count). The largest absolute Gasteiger partial charge is 0.507 e. The van der Waals surface area contributed by atoms with E-state index in [0.29, 0.717) is 34.9 Å². The van der Waals surface area contributed by atoms with E-state index in [1.807, 2.05) is 6.07 Å². The number of carbonyl (C=O) groups is 2. The zero-order chi connectivity index (χ0) is 23.3. The van der Waals surface area contributed by atoms with E-state index < -0.39 is 17.7 Å². The molecular formula is C25H29NO6. The van der Waals surface area contributed by atoms with Crippen LogP contribution in [0.3, 0.4) is 0 Å². The number of Topliss-reactive ketones (excluding diaryl/α,β-unsaturated/α-hetero) is 1. The van der Waals surface area contributed by atoms with Crippen LogP contribution in [0.4, 0.5) is 0 Å². The van der Waals surface area contributed by atoms with Crippen LogP contribution in [-0.4, -0.2) is 49.6 Å².